The van der Waals surface area contributed by atoms with E-state index in [0.717, 1.165) is 12.0 Å². The van der Waals surface area contributed by atoms with Crippen LogP contribution in [0.3, 0.4) is 0 Å². The quantitative estimate of drug-likeness (QED) is 0.681. The van der Waals surface area contributed by atoms with E-state index in [9.17, 15) is 9.18 Å². The highest BCUT2D eigenvalue weighted by molar-refractivity contribution is 5.99. The molecule has 0 aliphatic heterocycles. The smallest absolute Gasteiger partial charge is 0.243 e. The molecule has 0 aromatic heterocycles. The minimum atomic E-state index is -0.288. The van der Waals surface area contributed by atoms with Gasteiger partial charge in [-0.25, -0.2) is 9.82 Å². The summed E-state index contributed by atoms with van der Waals surface area (Å²) >= 11 is 0. The van der Waals surface area contributed by atoms with E-state index >= 15 is 0 Å². The van der Waals surface area contributed by atoms with E-state index in [4.69, 9.17) is 0 Å². The van der Waals surface area contributed by atoms with Gasteiger partial charge in [-0.2, -0.15) is 5.10 Å². The molecule has 0 heterocycles. The van der Waals surface area contributed by atoms with Crippen molar-refractivity contribution >= 4 is 11.6 Å². The molecule has 1 aliphatic rings. The topological polar surface area (TPSA) is 41.5 Å². The second kappa shape index (κ2) is 6.10. The van der Waals surface area contributed by atoms with E-state index in [0.29, 0.717) is 11.6 Å². The highest BCUT2D eigenvalue weighted by atomic mass is 19.1. The summed E-state index contributed by atoms with van der Waals surface area (Å²) in [5.74, 6) is -0.0609. The number of hydrogen-bond acceptors (Lipinski definition) is 2. The summed E-state index contributed by atoms with van der Waals surface area (Å²) < 4.78 is 12.9. The van der Waals surface area contributed by atoms with E-state index in [1.807, 2.05) is 30.3 Å². The molecule has 1 N–H and O–H groups in total. The van der Waals surface area contributed by atoms with Crippen molar-refractivity contribution in [3.8, 4) is 0 Å². The van der Waals surface area contributed by atoms with Crippen LogP contribution in [0.5, 0.6) is 0 Å². The van der Waals surface area contributed by atoms with E-state index in [2.05, 4.69) is 10.5 Å². The number of halogens is 1. The van der Waals surface area contributed by atoms with E-state index in [-0.39, 0.29) is 17.6 Å². The average molecular weight is 296 g/mol. The Balaban J connectivity index is 1.59. The van der Waals surface area contributed by atoms with Gasteiger partial charge in [0, 0.05) is 5.92 Å². The van der Waals surface area contributed by atoms with Gasteiger partial charge in [0.25, 0.3) is 0 Å². The van der Waals surface area contributed by atoms with Crippen molar-refractivity contribution in [1.29, 1.82) is 0 Å². The van der Waals surface area contributed by atoms with Gasteiger partial charge < -0.3 is 0 Å². The lowest BCUT2D eigenvalue weighted by molar-refractivity contribution is -0.122. The summed E-state index contributed by atoms with van der Waals surface area (Å²) in [6.07, 6.45) is 0.862. The van der Waals surface area contributed by atoms with Gasteiger partial charge in [0.1, 0.15) is 5.82 Å². The molecule has 0 unspecified atom stereocenters. The normalized spacial score (nSPS) is 20.5. The lowest BCUT2D eigenvalue weighted by Gasteiger charge is -2.03. The highest BCUT2D eigenvalue weighted by Crippen LogP contribution is 2.47. The predicted octanol–water partition coefficient (Wildman–Crippen LogP) is 3.47. The van der Waals surface area contributed by atoms with Crippen molar-refractivity contribution in [3.63, 3.8) is 0 Å². The van der Waals surface area contributed by atoms with Crippen molar-refractivity contribution in [1.82, 2.24) is 5.43 Å². The zero-order valence-electron chi connectivity index (χ0n) is 12.3. The Morgan fingerprint density at radius 2 is 1.82 bits per heavy atom. The van der Waals surface area contributed by atoms with Crippen molar-refractivity contribution in [2.45, 2.75) is 19.3 Å². The van der Waals surface area contributed by atoms with Gasteiger partial charge in [-0.15, -0.1) is 0 Å². The van der Waals surface area contributed by atoms with Crippen LogP contribution in [0, 0.1) is 11.7 Å². The highest BCUT2D eigenvalue weighted by Gasteiger charge is 2.43. The van der Waals surface area contributed by atoms with Gasteiger partial charge in [-0.1, -0.05) is 42.5 Å². The maximum Gasteiger partial charge on any atom is 0.243 e. The molecule has 1 fully saturated rings. The minimum absolute atomic E-state index is 0.00725. The summed E-state index contributed by atoms with van der Waals surface area (Å²) in [6, 6.07) is 16.1. The van der Waals surface area contributed by atoms with Crippen molar-refractivity contribution in [2.24, 2.45) is 11.0 Å². The molecule has 2 aromatic carbocycles. The first-order valence-corrected chi connectivity index (χ1v) is 7.30. The Hall–Kier alpha value is -2.49. The molecule has 3 nitrogen and oxygen atoms in total. The number of hydrogen-bond donors (Lipinski definition) is 1. The molecule has 0 radical (unpaired) electrons. The summed E-state index contributed by atoms with van der Waals surface area (Å²) in [6.45, 7) is 1.79. The number of carbonyl (C=O) groups is 1. The molecule has 2 aromatic rings. The molecule has 1 amide bonds. The predicted molar refractivity (Wildman–Crippen MR) is 84.0 cm³/mol. The van der Waals surface area contributed by atoms with Gasteiger partial charge in [0.15, 0.2) is 0 Å². The standard InChI is InChI=1S/C18H17FN2O/c1-12(13-7-9-15(19)10-8-13)20-21-18(22)17-11-16(17)14-5-3-2-4-6-14/h2-10,16-17H,11H2,1H3,(H,21,22)/b20-12+/t16-,17-/m1/s1. The number of rotatable bonds is 4. The molecule has 3 rings (SSSR count). The van der Waals surface area contributed by atoms with Crippen LogP contribution in [0.2, 0.25) is 0 Å². The largest absolute Gasteiger partial charge is 0.273 e. The summed E-state index contributed by atoms with van der Waals surface area (Å²) in [4.78, 5) is 12.1. The van der Waals surface area contributed by atoms with E-state index < -0.39 is 0 Å². The third-order valence-corrected chi connectivity index (χ3v) is 3.95. The summed E-state index contributed by atoms with van der Waals surface area (Å²) in [5, 5.41) is 4.11. The van der Waals surface area contributed by atoms with Crippen LogP contribution in [0.4, 0.5) is 4.39 Å². The summed E-state index contributed by atoms with van der Waals surface area (Å²) in [7, 11) is 0. The fraction of sp³-hybridized carbons (Fsp3) is 0.222. The number of hydrazone groups is 1. The molecule has 4 heteroatoms. The molecule has 0 spiro atoms. The molecule has 0 bridgehead atoms. The van der Waals surface area contributed by atoms with Gasteiger partial charge in [0.2, 0.25) is 5.91 Å². The van der Waals surface area contributed by atoms with Crippen molar-refractivity contribution in [3.05, 3.63) is 71.5 Å². The number of benzene rings is 2. The SMILES string of the molecule is C/C(=N\NC(=O)[C@@H]1C[C@@H]1c1ccccc1)c1ccc(F)cc1. The molecule has 112 valence electrons. The fourth-order valence-electron chi connectivity index (χ4n) is 2.53. The van der Waals surface area contributed by atoms with Crippen LogP contribution in [0.25, 0.3) is 0 Å². The number of nitrogens with one attached hydrogen (secondary N) is 1. The second-order valence-corrected chi connectivity index (χ2v) is 5.54. The second-order valence-electron chi connectivity index (χ2n) is 5.54. The van der Waals surface area contributed by atoms with Crippen LogP contribution < -0.4 is 5.43 Å². The fourth-order valence-corrected chi connectivity index (χ4v) is 2.53. The van der Waals surface area contributed by atoms with Crippen LogP contribution in [0.1, 0.15) is 30.4 Å². The molecule has 22 heavy (non-hydrogen) atoms. The first kappa shape index (κ1) is 14.4. The zero-order valence-corrected chi connectivity index (χ0v) is 12.3. The monoisotopic (exact) mass is 296 g/mol. The number of carbonyl (C=O) groups excluding carboxylic acids is 1. The molecule has 1 aliphatic carbocycles. The van der Waals surface area contributed by atoms with Crippen LogP contribution in [0.15, 0.2) is 59.7 Å². The van der Waals surface area contributed by atoms with Gasteiger partial charge >= 0.3 is 0 Å². The summed E-state index contributed by atoms with van der Waals surface area (Å²) in [5.41, 5.74) is 5.26. The lowest BCUT2D eigenvalue weighted by Crippen LogP contribution is -2.21. The molecule has 0 saturated heterocycles. The third-order valence-electron chi connectivity index (χ3n) is 3.95. The number of nitrogens with zero attached hydrogens (tertiary/aromatic N) is 1. The van der Waals surface area contributed by atoms with Gasteiger partial charge in [-0.3, -0.25) is 4.79 Å². The first-order valence-electron chi connectivity index (χ1n) is 7.30. The Labute approximate surface area is 128 Å². The van der Waals surface area contributed by atoms with E-state index in [1.165, 1.54) is 17.7 Å². The van der Waals surface area contributed by atoms with Crippen LogP contribution in [-0.2, 0) is 4.79 Å². The van der Waals surface area contributed by atoms with Crippen LogP contribution in [-0.4, -0.2) is 11.6 Å². The van der Waals surface area contributed by atoms with Crippen molar-refractivity contribution < 1.29 is 9.18 Å². The van der Waals surface area contributed by atoms with Gasteiger partial charge in [0.05, 0.1) is 5.71 Å². The molecule has 2 atom stereocenters. The Bertz CT molecular complexity index is 695. The Morgan fingerprint density at radius 3 is 2.50 bits per heavy atom. The van der Waals surface area contributed by atoms with E-state index in [1.54, 1.807) is 19.1 Å². The lowest BCUT2D eigenvalue weighted by atomic mass is 10.1. The maximum atomic E-state index is 12.9. The molecular formula is C18H17FN2O. The minimum Gasteiger partial charge on any atom is -0.273 e. The Morgan fingerprint density at radius 1 is 1.14 bits per heavy atom. The van der Waals surface area contributed by atoms with Crippen molar-refractivity contribution in [2.75, 3.05) is 0 Å². The molecule has 1 saturated carbocycles. The number of amides is 1. The first-order chi connectivity index (χ1) is 10.6. The van der Waals surface area contributed by atoms with Gasteiger partial charge in [-0.05, 0) is 42.5 Å². The zero-order chi connectivity index (χ0) is 15.5. The molecular weight excluding hydrogens is 279 g/mol. The third kappa shape index (κ3) is 3.22. The Kier molecular flexibility index (Phi) is 4.00. The maximum absolute atomic E-state index is 12.9. The van der Waals surface area contributed by atoms with Crippen LogP contribution >= 0.6 is 0 Å². The average Bonchev–Trinajstić information content (AvgIpc) is 3.34.